The van der Waals surface area contributed by atoms with Crippen LogP contribution in [0.4, 0.5) is 23.7 Å². The van der Waals surface area contributed by atoms with Crippen LogP contribution in [0.5, 0.6) is 11.6 Å². The second kappa shape index (κ2) is 9.09. The number of halogens is 3. The number of likely N-dealkylation sites (tertiary alicyclic amines) is 1. The van der Waals surface area contributed by atoms with Gasteiger partial charge in [-0.15, -0.1) is 0 Å². The van der Waals surface area contributed by atoms with Crippen LogP contribution < -0.4 is 10.1 Å². The Morgan fingerprint density at radius 2 is 2.00 bits per heavy atom. The van der Waals surface area contributed by atoms with Gasteiger partial charge in [-0.25, -0.2) is 9.78 Å². The second-order valence-electron chi connectivity index (χ2n) is 7.20. The third-order valence-corrected chi connectivity index (χ3v) is 4.81. The van der Waals surface area contributed by atoms with E-state index in [0.29, 0.717) is 24.5 Å². The minimum Gasteiger partial charge on any atom is -0.439 e. The number of carbonyl (C=O) groups is 1. The molecule has 1 aromatic carbocycles. The second-order valence-corrected chi connectivity index (χ2v) is 7.20. The van der Waals surface area contributed by atoms with Crippen molar-refractivity contribution in [2.45, 2.75) is 12.6 Å². The molecule has 32 heavy (non-hydrogen) atoms. The molecule has 3 aromatic rings. The van der Waals surface area contributed by atoms with E-state index in [0.717, 1.165) is 29.8 Å². The largest absolute Gasteiger partial charge is 0.439 e. The molecule has 1 fully saturated rings. The maximum Gasteiger partial charge on any atom is 0.417 e. The van der Waals surface area contributed by atoms with Crippen molar-refractivity contribution in [3.63, 3.8) is 0 Å². The third kappa shape index (κ3) is 5.42. The number of nitrogens with zero attached hydrogens (tertiary/aromatic N) is 3. The van der Waals surface area contributed by atoms with Gasteiger partial charge in [-0.3, -0.25) is 4.98 Å². The van der Waals surface area contributed by atoms with Crippen LogP contribution in [0.25, 0.3) is 6.08 Å². The number of rotatable bonds is 4. The zero-order valence-corrected chi connectivity index (χ0v) is 16.8. The molecule has 0 unspecified atom stereocenters. The van der Waals surface area contributed by atoms with Gasteiger partial charge in [0.2, 0.25) is 5.88 Å². The van der Waals surface area contributed by atoms with Crippen molar-refractivity contribution in [3.8, 4) is 11.6 Å². The number of benzene rings is 1. The Kier molecular flexibility index (Phi) is 6.07. The normalized spacial score (nSPS) is 15.1. The summed E-state index contributed by atoms with van der Waals surface area (Å²) >= 11 is 0. The van der Waals surface area contributed by atoms with Gasteiger partial charge in [-0.05, 0) is 47.9 Å². The molecule has 1 saturated heterocycles. The Morgan fingerprint density at radius 3 is 2.72 bits per heavy atom. The molecule has 4 rings (SSSR count). The molecule has 0 aliphatic carbocycles. The fraction of sp³-hybridized carbons (Fsp3) is 0.174. The van der Waals surface area contributed by atoms with E-state index in [-0.39, 0.29) is 11.9 Å². The predicted octanol–water partition coefficient (Wildman–Crippen LogP) is 5.61. The summed E-state index contributed by atoms with van der Waals surface area (Å²) in [7, 11) is 0. The molecule has 0 saturated carbocycles. The number of nitrogens with one attached hydrogen (secondary N) is 1. The highest BCUT2D eigenvalue weighted by Crippen LogP contribution is 2.30. The number of hydrogen-bond acceptors (Lipinski definition) is 4. The Morgan fingerprint density at radius 1 is 1.12 bits per heavy atom. The zero-order chi connectivity index (χ0) is 22.6. The number of urea groups is 1. The number of alkyl halides is 3. The highest BCUT2D eigenvalue weighted by molar-refractivity contribution is 5.89. The summed E-state index contributed by atoms with van der Waals surface area (Å²) in [6.07, 6.45) is 2.24. The van der Waals surface area contributed by atoms with Crippen molar-refractivity contribution in [2.24, 2.45) is 0 Å². The number of carbonyl (C=O) groups excluding carboxylic acids is 1. The molecule has 0 radical (unpaired) electrons. The fourth-order valence-corrected chi connectivity index (χ4v) is 3.24. The van der Waals surface area contributed by atoms with Gasteiger partial charge >= 0.3 is 12.2 Å². The van der Waals surface area contributed by atoms with Gasteiger partial charge < -0.3 is 15.0 Å². The highest BCUT2D eigenvalue weighted by atomic mass is 19.4. The van der Waals surface area contributed by atoms with Crippen molar-refractivity contribution in [1.82, 2.24) is 14.9 Å². The van der Waals surface area contributed by atoms with E-state index in [4.69, 9.17) is 4.74 Å². The van der Waals surface area contributed by atoms with Gasteiger partial charge in [0, 0.05) is 31.5 Å². The van der Waals surface area contributed by atoms with E-state index >= 15 is 0 Å². The van der Waals surface area contributed by atoms with Gasteiger partial charge in [-0.2, -0.15) is 13.2 Å². The van der Waals surface area contributed by atoms with Crippen LogP contribution in [0.3, 0.4) is 0 Å². The minimum absolute atomic E-state index is 0.0712. The Labute approximate surface area is 182 Å². The van der Waals surface area contributed by atoms with Crippen LogP contribution in [0.15, 0.2) is 72.7 Å². The first kappa shape index (κ1) is 21.4. The summed E-state index contributed by atoms with van der Waals surface area (Å²) in [5.74, 6) is 0.526. The molecule has 6 nitrogen and oxygen atoms in total. The topological polar surface area (TPSA) is 67.4 Å². The van der Waals surface area contributed by atoms with Crippen molar-refractivity contribution in [1.29, 1.82) is 0 Å². The van der Waals surface area contributed by atoms with Gasteiger partial charge in [-0.1, -0.05) is 18.2 Å². The molecule has 164 valence electrons. The van der Waals surface area contributed by atoms with E-state index < -0.39 is 11.7 Å². The van der Waals surface area contributed by atoms with E-state index in [2.05, 4.69) is 15.3 Å². The Balaban J connectivity index is 1.39. The van der Waals surface area contributed by atoms with Crippen molar-refractivity contribution in [3.05, 3.63) is 83.8 Å². The molecule has 1 N–H and O–H groups in total. The van der Waals surface area contributed by atoms with Crippen LogP contribution in [-0.2, 0) is 6.18 Å². The number of amides is 2. The molecule has 0 bridgehead atoms. The molecule has 9 heteroatoms. The predicted molar refractivity (Wildman–Crippen MR) is 113 cm³/mol. The third-order valence-electron chi connectivity index (χ3n) is 4.81. The number of hydrogen-bond donors (Lipinski definition) is 1. The SMILES string of the molecule is O=C(Nc1cccnc1)N1CC/C(=C/c2cccc(Oc3ccc(C(F)(F)F)cn3)c2)C1. The summed E-state index contributed by atoms with van der Waals surface area (Å²) < 4.78 is 43.6. The molecular formula is C23H19F3N4O2. The first-order valence-electron chi connectivity index (χ1n) is 9.83. The summed E-state index contributed by atoms with van der Waals surface area (Å²) in [5.41, 5.74) is 1.74. The summed E-state index contributed by atoms with van der Waals surface area (Å²) in [6.45, 7) is 1.10. The molecule has 0 spiro atoms. The fourth-order valence-electron chi connectivity index (χ4n) is 3.24. The smallest absolute Gasteiger partial charge is 0.417 e. The average Bonchev–Trinajstić information content (AvgIpc) is 3.23. The lowest BCUT2D eigenvalue weighted by Crippen LogP contribution is -2.32. The summed E-state index contributed by atoms with van der Waals surface area (Å²) in [6, 6.07) is 12.6. The number of ether oxygens (including phenoxy) is 1. The molecule has 1 aliphatic rings. The van der Waals surface area contributed by atoms with Crippen LogP contribution >= 0.6 is 0 Å². The molecule has 1 aliphatic heterocycles. The Bertz CT molecular complexity index is 1120. The van der Waals surface area contributed by atoms with Crippen molar-refractivity contribution >= 4 is 17.8 Å². The lowest BCUT2D eigenvalue weighted by molar-refractivity contribution is -0.137. The average molecular weight is 440 g/mol. The maximum absolute atomic E-state index is 12.7. The van der Waals surface area contributed by atoms with Crippen LogP contribution in [0, 0.1) is 0 Å². The molecular weight excluding hydrogens is 421 g/mol. The number of aromatic nitrogens is 2. The van der Waals surface area contributed by atoms with Gasteiger partial charge in [0.25, 0.3) is 0 Å². The van der Waals surface area contributed by atoms with Gasteiger partial charge in [0.15, 0.2) is 0 Å². The molecule has 2 amide bonds. The summed E-state index contributed by atoms with van der Waals surface area (Å²) in [5, 5.41) is 2.82. The van der Waals surface area contributed by atoms with Crippen LogP contribution in [0.1, 0.15) is 17.5 Å². The minimum atomic E-state index is -4.44. The molecule has 2 aromatic heterocycles. The quantitative estimate of drug-likeness (QED) is 0.573. The van der Waals surface area contributed by atoms with Gasteiger partial charge in [0.05, 0.1) is 17.4 Å². The zero-order valence-electron chi connectivity index (χ0n) is 16.8. The highest BCUT2D eigenvalue weighted by Gasteiger charge is 2.30. The molecule has 3 heterocycles. The van der Waals surface area contributed by atoms with Crippen LogP contribution in [-0.4, -0.2) is 34.0 Å². The number of anilines is 1. The van der Waals surface area contributed by atoms with Crippen molar-refractivity contribution < 1.29 is 22.7 Å². The summed E-state index contributed by atoms with van der Waals surface area (Å²) in [4.78, 5) is 21.8. The number of pyridine rings is 2. The Hall–Kier alpha value is -3.88. The monoisotopic (exact) mass is 440 g/mol. The van der Waals surface area contributed by atoms with Gasteiger partial charge in [0.1, 0.15) is 5.75 Å². The van der Waals surface area contributed by atoms with Crippen LogP contribution in [0.2, 0.25) is 0 Å². The van der Waals surface area contributed by atoms with E-state index in [9.17, 15) is 18.0 Å². The first-order valence-corrected chi connectivity index (χ1v) is 9.83. The van der Waals surface area contributed by atoms with E-state index in [1.165, 1.54) is 6.07 Å². The lowest BCUT2D eigenvalue weighted by atomic mass is 10.1. The molecule has 0 atom stereocenters. The van der Waals surface area contributed by atoms with Crippen molar-refractivity contribution in [2.75, 3.05) is 18.4 Å². The standard InChI is InChI=1S/C23H19F3N4O2/c24-23(25,26)18-6-7-21(28-13-18)32-20-5-1-3-16(12-20)11-17-8-10-30(15-17)22(31)29-19-4-2-9-27-14-19/h1-7,9,11-14H,8,10,15H2,(H,29,31)/b17-11-. The van der Waals surface area contributed by atoms with E-state index in [1.54, 1.807) is 47.6 Å². The first-order chi connectivity index (χ1) is 15.4. The maximum atomic E-state index is 12.7. The lowest BCUT2D eigenvalue weighted by Gasteiger charge is -2.15. The van der Waals surface area contributed by atoms with E-state index in [1.807, 2.05) is 12.1 Å².